The van der Waals surface area contributed by atoms with Crippen LogP contribution in [0, 0.1) is 0 Å². The molecule has 0 N–H and O–H groups in total. The molecule has 184 valence electrons. The summed E-state index contributed by atoms with van der Waals surface area (Å²) in [7, 11) is 0. The van der Waals surface area contributed by atoms with Crippen LogP contribution in [0.25, 0.3) is 0 Å². The first-order valence-corrected chi connectivity index (χ1v) is 13.4. The van der Waals surface area contributed by atoms with Gasteiger partial charge in [0.2, 0.25) is 0 Å². The maximum Gasteiger partial charge on any atom is 0.311 e. The van der Waals surface area contributed by atoms with Crippen LogP contribution in [0.2, 0.25) is 0 Å². The lowest BCUT2D eigenvalue weighted by molar-refractivity contribution is -0.134. The van der Waals surface area contributed by atoms with Gasteiger partial charge in [-0.05, 0) is 78.9 Å². The van der Waals surface area contributed by atoms with Crippen LogP contribution < -0.4 is 9.64 Å². The lowest BCUT2D eigenvalue weighted by Crippen LogP contribution is -2.28. The van der Waals surface area contributed by atoms with Gasteiger partial charge in [-0.1, -0.05) is 79.3 Å². The Morgan fingerprint density at radius 3 is 1.69 bits per heavy atom. The quantitative estimate of drug-likeness (QED) is 0.148. The van der Waals surface area contributed by atoms with E-state index in [0.29, 0.717) is 12.2 Å². The normalized spacial score (nSPS) is 10.7. The summed E-state index contributed by atoms with van der Waals surface area (Å²) >= 11 is 1.71. The zero-order valence-electron chi connectivity index (χ0n) is 20.8. The van der Waals surface area contributed by atoms with Crippen molar-refractivity contribution in [1.82, 2.24) is 0 Å². The SMILES string of the molecule is CCCC(=O)Oc1ccc(Sc2ccc(N(CCc3ccccc3)CCc3ccccc3)cc2)cc1. The Labute approximate surface area is 219 Å². The van der Waals surface area contributed by atoms with Crippen molar-refractivity contribution in [1.29, 1.82) is 0 Å². The molecule has 0 radical (unpaired) electrons. The summed E-state index contributed by atoms with van der Waals surface area (Å²) < 4.78 is 5.36. The average Bonchev–Trinajstić information content (AvgIpc) is 2.92. The first-order chi connectivity index (χ1) is 17.7. The van der Waals surface area contributed by atoms with Crippen LogP contribution in [-0.4, -0.2) is 19.1 Å². The number of carbonyl (C=O) groups excluding carboxylic acids is 1. The molecule has 0 saturated carbocycles. The van der Waals surface area contributed by atoms with Gasteiger partial charge in [-0.25, -0.2) is 0 Å². The number of benzene rings is 4. The lowest BCUT2D eigenvalue weighted by Gasteiger charge is -2.25. The number of anilines is 1. The van der Waals surface area contributed by atoms with Gasteiger partial charge in [0.25, 0.3) is 0 Å². The number of carbonyl (C=O) groups is 1. The van der Waals surface area contributed by atoms with Gasteiger partial charge in [0, 0.05) is 35.0 Å². The van der Waals surface area contributed by atoms with Gasteiger partial charge in [0.15, 0.2) is 0 Å². The minimum absolute atomic E-state index is 0.183. The Balaban J connectivity index is 1.39. The Hall–Kier alpha value is -3.50. The van der Waals surface area contributed by atoms with Crippen LogP contribution >= 0.6 is 11.8 Å². The second-order valence-corrected chi connectivity index (χ2v) is 9.90. The molecule has 0 atom stereocenters. The summed E-state index contributed by atoms with van der Waals surface area (Å²) in [6.45, 7) is 3.92. The molecule has 0 bridgehead atoms. The molecule has 0 saturated heterocycles. The lowest BCUT2D eigenvalue weighted by atomic mass is 10.1. The first-order valence-electron chi connectivity index (χ1n) is 12.6. The van der Waals surface area contributed by atoms with Crippen LogP contribution in [0.5, 0.6) is 5.75 Å². The van der Waals surface area contributed by atoms with Gasteiger partial charge >= 0.3 is 5.97 Å². The highest BCUT2D eigenvalue weighted by Crippen LogP contribution is 2.30. The van der Waals surface area contributed by atoms with E-state index in [-0.39, 0.29) is 5.97 Å². The van der Waals surface area contributed by atoms with Gasteiger partial charge < -0.3 is 9.64 Å². The van der Waals surface area contributed by atoms with E-state index in [0.717, 1.165) is 37.2 Å². The van der Waals surface area contributed by atoms with Gasteiger partial charge in [0.1, 0.15) is 5.75 Å². The number of rotatable bonds is 12. The van der Waals surface area contributed by atoms with E-state index in [4.69, 9.17) is 4.74 Å². The van der Waals surface area contributed by atoms with E-state index in [1.54, 1.807) is 11.8 Å². The van der Waals surface area contributed by atoms with Crippen molar-refractivity contribution in [2.24, 2.45) is 0 Å². The Kier molecular flexibility index (Phi) is 9.63. The Morgan fingerprint density at radius 2 is 1.19 bits per heavy atom. The smallest absolute Gasteiger partial charge is 0.311 e. The zero-order chi connectivity index (χ0) is 25.0. The van der Waals surface area contributed by atoms with Crippen LogP contribution in [0.1, 0.15) is 30.9 Å². The summed E-state index contributed by atoms with van der Waals surface area (Å²) in [6.07, 6.45) is 3.26. The molecule has 4 aromatic rings. The van der Waals surface area contributed by atoms with Gasteiger partial charge in [0.05, 0.1) is 0 Å². The van der Waals surface area contributed by atoms with Crippen molar-refractivity contribution in [2.75, 3.05) is 18.0 Å². The predicted octanol–water partition coefficient (Wildman–Crippen LogP) is 7.84. The van der Waals surface area contributed by atoms with E-state index < -0.39 is 0 Å². The summed E-state index contributed by atoms with van der Waals surface area (Å²) in [6, 6.07) is 37.9. The summed E-state index contributed by atoms with van der Waals surface area (Å²) in [4.78, 5) is 16.5. The van der Waals surface area contributed by atoms with Gasteiger partial charge in [-0.2, -0.15) is 0 Å². The average molecular weight is 496 g/mol. The summed E-state index contributed by atoms with van der Waals surface area (Å²) in [5.41, 5.74) is 3.96. The molecule has 4 heteroatoms. The van der Waals surface area contributed by atoms with E-state index in [1.165, 1.54) is 21.7 Å². The van der Waals surface area contributed by atoms with E-state index >= 15 is 0 Å². The minimum Gasteiger partial charge on any atom is -0.427 e. The standard InChI is InChI=1S/C32H33NO2S/c1-2-9-32(34)35-29-16-20-31(21-17-29)36-30-18-14-28(15-19-30)33(24-22-26-10-5-3-6-11-26)25-23-27-12-7-4-8-13-27/h3-8,10-21H,2,9,22-25H2,1H3. The molecule has 0 aromatic heterocycles. The number of nitrogens with zero attached hydrogens (tertiary/aromatic N) is 1. The van der Waals surface area contributed by atoms with Crippen molar-refractivity contribution in [2.45, 2.75) is 42.4 Å². The maximum absolute atomic E-state index is 11.7. The highest BCUT2D eigenvalue weighted by Gasteiger charge is 2.09. The second-order valence-electron chi connectivity index (χ2n) is 8.75. The highest BCUT2D eigenvalue weighted by molar-refractivity contribution is 7.99. The van der Waals surface area contributed by atoms with Crippen LogP contribution in [0.3, 0.4) is 0 Å². The number of esters is 1. The maximum atomic E-state index is 11.7. The predicted molar refractivity (Wildman–Crippen MR) is 150 cm³/mol. The van der Waals surface area contributed by atoms with Gasteiger partial charge in [-0.3, -0.25) is 4.79 Å². The minimum atomic E-state index is -0.183. The van der Waals surface area contributed by atoms with E-state index in [2.05, 4.69) is 89.8 Å². The number of ether oxygens (including phenoxy) is 1. The molecule has 0 fully saturated rings. The fraction of sp³-hybridized carbons (Fsp3) is 0.219. The van der Waals surface area contributed by atoms with Crippen LogP contribution in [0.15, 0.2) is 119 Å². The van der Waals surface area contributed by atoms with E-state index in [9.17, 15) is 4.79 Å². The third-order valence-electron chi connectivity index (χ3n) is 5.97. The number of hydrogen-bond donors (Lipinski definition) is 0. The van der Waals surface area contributed by atoms with Crippen LogP contribution in [0.4, 0.5) is 5.69 Å². The van der Waals surface area contributed by atoms with Gasteiger partial charge in [-0.15, -0.1) is 0 Å². The molecule has 4 rings (SSSR count). The molecule has 0 aliphatic heterocycles. The highest BCUT2D eigenvalue weighted by atomic mass is 32.2. The molecule has 36 heavy (non-hydrogen) atoms. The zero-order valence-corrected chi connectivity index (χ0v) is 21.6. The molecule has 0 aliphatic rings. The third kappa shape index (κ3) is 8.03. The Bertz CT molecular complexity index is 1150. The fourth-order valence-electron chi connectivity index (χ4n) is 4.01. The Morgan fingerprint density at radius 1 is 0.694 bits per heavy atom. The molecule has 0 amide bonds. The molecular weight excluding hydrogens is 462 g/mol. The van der Waals surface area contributed by atoms with Crippen molar-refractivity contribution in [3.8, 4) is 5.75 Å². The van der Waals surface area contributed by atoms with Crippen molar-refractivity contribution in [3.63, 3.8) is 0 Å². The van der Waals surface area contributed by atoms with Crippen molar-refractivity contribution >= 4 is 23.4 Å². The topological polar surface area (TPSA) is 29.5 Å². The van der Waals surface area contributed by atoms with Crippen molar-refractivity contribution in [3.05, 3.63) is 120 Å². The molecule has 3 nitrogen and oxygen atoms in total. The molecule has 0 spiro atoms. The number of hydrogen-bond acceptors (Lipinski definition) is 4. The third-order valence-corrected chi connectivity index (χ3v) is 6.99. The van der Waals surface area contributed by atoms with Crippen LogP contribution in [-0.2, 0) is 17.6 Å². The summed E-state index contributed by atoms with van der Waals surface area (Å²) in [5, 5.41) is 0. The van der Waals surface area contributed by atoms with Crippen molar-refractivity contribution < 1.29 is 9.53 Å². The molecular formula is C32H33NO2S. The second kappa shape index (κ2) is 13.6. The molecule has 0 aliphatic carbocycles. The monoisotopic (exact) mass is 495 g/mol. The molecule has 4 aromatic carbocycles. The van der Waals surface area contributed by atoms with E-state index in [1.807, 2.05) is 31.2 Å². The fourth-order valence-corrected chi connectivity index (χ4v) is 4.83. The first kappa shape index (κ1) is 25.6. The molecule has 0 unspecified atom stereocenters. The largest absolute Gasteiger partial charge is 0.427 e. The summed E-state index contributed by atoms with van der Waals surface area (Å²) in [5.74, 6) is 0.415. The molecule has 0 heterocycles.